The molecular weight excluding hydrogens is 402 g/mol. The van der Waals surface area contributed by atoms with Gasteiger partial charge in [0.15, 0.2) is 5.69 Å². The fraction of sp³-hybridized carbons (Fsp3) is 0.182. The highest BCUT2D eigenvalue weighted by atomic mass is 16.5. The molecule has 0 aliphatic heterocycles. The molecule has 1 aromatic carbocycles. The van der Waals surface area contributed by atoms with Crippen LogP contribution in [-0.2, 0) is 16.1 Å². The molecule has 1 amide bonds. The lowest BCUT2D eigenvalue weighted by Gasteiger charge is -2.09. The van der Waals surface area contributed by atoms with E-state index in [-0.39, 0.29) is 24.5 Å². The SMILES string of the molecule is CCOC(=O)Nc1ccc2c(COC(=O)c3cn4ccc(C)cc4n3)cc(=O)oc2c1. The van der Waals surface area contributed by atoms with E-state index in [4.69, 9.17) is 13.9 Å². The number of aryl methyl sites for hydroxylation is 1. The molecule has 0 aliphatic carbocycles. The lowest BCUT2D eigenvalue weighted by molar-refractivity contribution is 0.0467. The van der Waals surface area contributed by atoms with Crippen molar-refractivity contribution in [1.29, 1.82) is 0 Å². The molecule has 31 heavy (non-hydrogen) atoms. The minimum Gasteiger partial charge on any atom is -0.456 e. The average molecular weight is 421 g/mol. The summed E-state index contributed by atoms with van der Waals surface area (Å²) in [5.41, 5.74) is 2.35. The molecule has 9 nitrogen and oxygen atoms in total. The highest BCUT2D eigenvalue weighted by molar-refractivity contribution is 5.90. The molecule has 4 aromatic rings. The Labute approximate surface area is 176 Å². The van der Waals surface area contributed by atoms with Crippen LogP contribution in [0.4, 0.5) is 10.5 Å². The summed E-state index contributed by atoms with van der Waals surface area (Å²) in [6.07, 6.45) is 2.78. The van der Waals surface area contributed by atoms with Crippen LogP contribution in [-0.4, -0.2) is 28.1 Å². The third kappa shape index (κ3) is 4.40. The van der Waals surface area contributed by atoms with Crippen LogP contribution in [0.5, 0.6) is 0 Å². The topological polar surface area (TPSA) is 112 Å². The van der Waals surface area contributed by atoms with Gasteiger partial charge in [-0.25, -0.2) is 19.4 Å². The number of carbonyl (C=O) groups excluding carboxylic acids is 2. The minimum absolute atomic E-state index is 0.140. The van der Waals surface area contributed by atoms with E-state index in [1.54, 1.807) is 29.7 Å². The zero-order valence-corrected chi connectivity index (χ0v) is 16.9. The number of hydrogen-bond donors (Lipinski definition) is 1. The third-order valence-electron chi connectivity index (χ3n) is 4.54. The molecule has 0 radical (unpaired) electrons. The summed E-state index contributed by atoms with van der Waals surface area (Å²) in [6, 6.07) is 9.83. The highest BCUT2D eigenvalue weighted by Gasteiger charge is 2.15. The largest absolute Gasteiger partial charge is 0.456 e. The molecule has 0 unspecified atom stereocenters. The summed E-state index contributed by atoms with van der Waals surface area (Å²) in [7, 11) is 0. The lowest BCUT2D eigenvalue weighted by Crippen LogP contribution is -2.13. The maximum absolute atomic E-state index is 12.5. The number of nitrogens with zero attached hydrogens (tertiary/aromatic N) is 2. The number of imidazole rings is 1. The predicted molar refractivity (Wildman–Crippen MR) is 112 cm³/mol. The van der Waals surface area contributed by atoms with Crippen LogP contribution in [0, 0.1) is 6.92 Å². The van der Waals surface area contributed by atoms with E-state index in [2.05, 4.69) is 10.3 Å². The normalized spacial score (nSPS) is 10.9. The Kier molecular flexibility index (Phi) is 5.40. The van der Waals surface area contributed by atoms with Gasteiger partial charge >= 0.3 is 17.7 Å². The van der Waals surface area contributed by atoms with Crippen LogP contribution in [0.2, 0.25) is 0 Å². The standard InChI is InChI=1S/C22H19N3O6/c1-3-29-22(28)23-15-4-5-16-14(9-20(26)31-18(16)10-15)12-30-21(27)17-11-25-7-6-13(2)8-19(25)24-17/h4-11H,3,12H2,1-2H3,(H,23,28). The van der Waals surface area contributed by atoms with E-state index in [0.29, 0.717) is 22.3 Å². The van der Waals surface area contributed by atoms with Gasteiger partial charge in [-0.1, -0.05) is 0 Å². The number of aromatic nitrogens is 2. The lowest BCUT2D eigenvalue weighted by atomic mass is 10.1. The molecular formula is C22H19N3O6. The molecule has 4 rings (SSSR count). The molecule has 0 atom stereocenters. The Morgan fingerprint density at radius 2 is 2.00 bits per heavy atom. The quantitative estimate of drug-likeness (QED) is 0.386. The molecule has 0 saturated carbocycles. The Balaban J connectivity index is 1.55. The Morgan fingerprint density at radius 3 is 2.81 bits per heavy atom. The number of esters is 1. The second kappa shape index (κ2) is 8.31. The molecule has 1 N–H and O–H groups in total. The first-order valence-corrected chi connectivity index (χ1v) is 9.56. The summed E-state index contributed by atoms with van der Waals surface area (Å²) < 4.78 is 17.2. The number of anilines is 1. The van der Waals surface area contributed by atoms with Crippen molar-refractivity contribution in [3.8, 4) is 0 Å². The number of nitrogens with one attached hydrogen (secondary N) is 1. The van der Waals surface area contributed by atoms with Crippen LogP contribution in [0.15, 0.2) is 58.0 Å². The maximum atomic E-state index is 12.5. The van der Waals surface area contributed by atoms with Gasteiger partial charge in [-0.15, -0.1) is 0 Å². The van der Waals surface area contributed by atoms with Crippen molar-refractivity contribution in [2.24, 2.45) is 0 Å². The zero-order chi connectivity index (χ0) is 22.0. The van der Waals surface area contributed by atoms with Crippen molar-refractivity contribution >= 4 is 34.4 Å². The summed E-state index contributed by atoms with van der Waals surface area (Å²) in [6.45, 7) is 3.72. The first-order chi connectivity index (χ1) is 14.9. The van der Waals surface area contributed by atoms with Crippen LogP contribution in [0.1, 0.15) is 28.5 Å². The Bertz CT molecular complexity index is 1350. The van der Waals surface area contributed by atoms with Gasteiger partial charge in [-0.2, -0.15) is 0 Å². The number of amides is 1. The summed E-state index contributed by atoms with van der Waals surface area (Å²) in [5.74, 6) is -0.608. The van der Waals surface area contributed by atoms with E-state index >= 15 is 0 Å². The molecule has 9 heteroatoms. The van der Waals surface area contributed by atoms with Gasteiger partial charge in [-0.05, 0) is 43.7 Å². The summed E-state index contributed by atoms with van der Waals surface area (Å²) in [4.78, 5) is 40.3. The van der Waals surface area contributed by atoms with Crippen LogP contribution in [0.3, 0.4) is 0 Å². The molecule has 3 aromatic heterocycles. The van der Waals surface area contributed by atoms with Crippen molar-refractivity contribution in [3.63, 3.8) is 0 Å². The average Bonchev–Trinajstić information content (AvgIpc) is 3.15. The van der Waals surface area contributed by atoms with Gasteiger partial charge in [0, 0.05) is 41.2 Å². The predicted octanol–water partition coefficient (Wildman–Crippen LogP) is 3.67. The van der Waals surface area contributed by atoms with Crippen molar-refractivity contribution in [1.82, 2.24) is 9.38 Å². The van der Waals surface area contributed by atoms with E-state index in [0.717, 1.165) is 5.56 Å². The van der Waals surface area contributed by atoms with Gasteiger partial charge in [0.05, 0.1) is 6.61 Å². The molecule has 0 spiro atoms. The van der Waals surface area contributed by atoms with Crippen molar-refractivity contribution in [2.75, 3.05) is 11.9 Å². The first kappa shape index (κ1) is 20.1. The Morgan fingerprint density at radius 1 is 1.16 bits per heavy atom. The molecule has 0 fully saturated rings. The van der Waals surface area contributed by atoms with E-state index in [1.807, 2.05) is 25.3 Å². The van der Waals surface area contributed by atoms with Crippen LogP contribution >= 0.6 is 0 Å². The van der Waals surface area contributed by atoms with E-state index in [1.165, 1.54) is 12.1 Å². The monoisotopic (exact) mass is 421 g/mol. The number of hydrogen-bond acceptors (Lipinski definition) is 7. The first-order valence-electron chi connectivity index (χ1n) is 9.56. The van der Waals surface area contributed by atoms with Crippen molar-refractivity contribution in [3.05, 3.63) is 76.0 Å². The molecule has 0 bridgehead atoms. The van der Waals surface area contributed by atoms with Crippen LogP contribution < -0.4 is 10.9 Å². The number of ether oxygens (including phenoxy) is 2. The van der Waals surface area contributed by atoms with Crippen molar-refractivity contribution < 1.29 is 23.5 Å². The van der Waals surface area contributed by atoms with E-state index < -0.39 is 17.7 Å². The molecule has 3 heterocycles. The highest BCUT2D eigenvalue weighted by Crippen LogP contribution is 2.22. The van der Waals surface area contributed by atoms with Gasteiger partial charge in [0.1, 0.15) is 17.8 Å². The second-order valence-electron chi connectivity index (χ2n) is 6.82. The number of rotatable bonds is 5. The number of pyridine rings is 1. The summed E-state index contributed by atoms with van der Waals surface area (Å²) in [5, 5.41) is 3.12. The minimum atomic E-state index is -0.614. The molecule has 0 saturated heterocycles. The number of carbonyl (C=O) groups is 2. The molecule has 158 valence electrons. The molecule has 0 aliphatic rings. The smallest absolute Gasteiger partial charge is 0.411 e. The third-order valence-corrected chi connectivity index (χ3v) is 4.54. The number of fused-ring (bicyclic) bond motifs is 2. The second-order valence-corrected chi connectivity index (χ2v) is 6.82. The van der Waals surface area contributed by atoms with Crippen molar-refractivity contribution in [2.45, 2.75) is 20.5 Å². The van der Waals surface area contributed by atoms with Crippen LogP contribution in [0.25, 0.3) is 16.6 Å². The van der Waals surface area contributed by atoms with E-state index in [9.17, 15) is 14.4 Å². The van der Waals surface area contributed by atoms with Gasteiger partial charge < -0.3 is 18.3 Å². The fourth-order valence-electron chi connectivity index (χ4n) is 3.11. The van der Waals surface area contributed by atoms with Gasteiger partial charge in [0.2, 0.25) is 0 Å². The van der Waals surface area contributed by atoms with Gasteiger partial charge in [-0.3, -0.25) is 5.32 Å². The fourth-order valence-corrected chi connectivity index (χ4v) is 3.11. The summed E-state index contributed by atoms with van der Waals surface area (Å²) >= 11 is 0. The zero-order valence-electron chi connectivity index (χ0n) is 16.9. The maximum Gasteiger partial charge on any atom is 0.411 e. The number of benzene rings is 1. The Hall–Kier alpha value is -4.14. The van der Waals surface area contributed by atoms with Gasteiger partial charge in [0.25, 0.3) is 0 Å².